The van der Waals surface area contributed by atoms with E-state index in [1.807, 2.05) is 0 Å². The highest BCUT2D eigenvalue weighted by molar-refractivity contribution is 7.93. The summed E-state index contributed by atoms with van der Waals surface area (Å²) in [4.78, 5) is 10.2. The van der Waals surface area contributed by atoms with Crippen LogP contribution < -0.4 is 10.8 Å². The summed E-state index contributed by atoms with van der Waals surface area (Å²) in [6.45, 7) is 0. The molecule has 1 radical (unpaired) electrons. The minimum Gasteiger partial charge on any atom is -0.394 e. The first-order valence-corrected chi connectivity index (χ1v) is 5.53. The highest BCUT2D eigenvalue weighted by Crippen LogP contribution is 2.13. The van der Waals surface area contributed by atoms with Crippen LogP contribution in [-0.4, -0.2) is 25.6 Å². The molecule has 0 saturated carbocycles. The number of nitrogens with two attached hydrogens (primary N) is 1. The van der Waals surface area contributed by atoms with Gasteiger partial charge in [0.15, 0.2) is 0 Å². The monoisotopic (exact) mass is 223 g/mol. The van der Waals surface area contributed by atoms with Gasteiger partial charge in [-0.25, -0.2) is 0 Å². The number of hydrogen-bond acceptors (Lipinski definition) is 4. The van der Waals surface area contributed by atoms with E-state index in [1.54, 1.807) is 7.05 Å². The van der Waals surface area contributed by atoms with Crippen molar-refractivity contribution in [1.82, 2.24) is 5.32 Å². The zero-order valence-electron chi connectivity index (χ0n) is 8.14. The molecule has 0 fully saturated rings. The molecule has 81 valence electrons. The third-order valence-corrected chi connectivity index (χ3v) is 2.96. The van der Waals surface area contributed by atoms with Crippen LogP contribution in [-0.2, 0) is 28.3 Å². The van der Waals surface area contributed by atoms with Gasteiger partial charge < -0.3 is 10.1 Å². The van der Waals surface area contributed by atoms with Crippen LogP contribution in [0.15, 0.2) is 12.3 Å². The van der Waals surface area contributed by atoms with Crippen LogP contribution in [0.1, 0.15) is 6.42 Å². The lowest BCUT2D eigenvalue weighted by molar-refractivity contribution is -0.840. The average Bonchev–Trinajstić information content (AvgIpc) is 2.11. The molecule has 0 heterocycles. The molecule has 0 saturated heterocycles. The Labute approximate surface area is 84.1 Å². The Balaban J connectivity index is 4.53. The minimum absolute atomic E-state index is 0.117. The Bertz CT molecular complexity index is 244. The van der Waals surface area contributed by atoms with Gasteiger partial charge in [0.25, 0.3) is 0 Å². The minimum atomic E-state index is -3.72. The van der Waals surface area contributed by atoms with Crippen molar-refractivity contribution >= 4 is 16.8 Å². The zero-order valence-corrected chi connectivity index (χ0v) is 8.95. The molecule has 0 aliphatic rings. The Morgan fingerprint density at radius 2 is 2.29 bits per heavy atom. The Hall–Kier alpha value is -0.760. The van der Waals surface area contributed by atoms with Gasteiger partial charge in [0.1, 0.15) is 6.29 Å². The number of carbonyl (C=O) groups excluding carboxylic acids is 1. The molecular weight excluding hydrogens is 208 g/mol. The SMILES string of the molecule is CN/C=C/C(CC=O)[S+]([O])(=O)O[NH2+]C. The van der Waals surface area contributed by atoms with Crippen molar-refractivity contribution in [1.29, 1.82) is 0 Å². The summed E-state index contributed by atoms with van der Waals surface area (Å²) >= 11 is 0. The molecule has 0 aromatic heterocycles. The second kappa shape index (κ2) is 6.66. The van der Waals surface area contributed by atoms with Gasteiger partial charge in [-0.1, -0.05) is 0 Å². The summed E-state index contributed by atoms with van der Waals surface area (Å²) in [6.07, 6.45) is 3.24. The Kier molecular flexibility index (Phi) is 6.30. The lowest BCUT2D eigenvalue weighted by Crippen LogP contribution is -2.80. The maximum atomic E-state index is 11.3. The molecule has 6 nitrogen and oxygen atoms in total. The summed E-state index contributed by atoms with van der Waals surface area (Å²) in [5.41, 5.74) is 1.07. The highest BCUT2D eigenvalue weighted by Gasteiger charge is 2.43. The second-order valence-electron chi connectivity index (χ2n) is 2.41. The van der Waals surface area contributed by atoms with Crippen molar-refractivity contribution in [2.75, 3.05) is 14.1 Å². The molecule has 14 heavy (non-hydrogen) atoms. The standard InChI is InChI=1S/C7H14N2O4S/c1-8-5-3-7(4-6-10)14(11,12)13-9-2/h3,5-9H,4H2,1-2H3/q+1/p+1/b5-3+. The van der Waals surface area contributed by atoms with E-state index in [9.17, 15) is 13.6 Å². The normalized spacial score (nSPS) is 17.6. The number of aldehydes is 1. The third-order valence-electron chi connectivity index (χ3n) is 1.41. The van der Waals surface area contributed by atoms with Gasteiger partial charge in [-0.2, -0.15) is 5.48 Å². The number of rotatable bonds is 7. The summed E-state index contributed by atoms with van der Waals surface area (Å²) in [5.74, 6) is 0. The van der Waals surface area contributed by atoms with Crippen molar-refractivity contribution in [3.63, 3.8) is 0 Å². The van der Waals surface area contributed by atoms with Gasteiger partial charge in [-0.15, -0.1) is 0 Å². The van der Waals surface area contributed by atoms with E-state index < -0.39 is 15.7 Å². The van der Waals surface area contributed by atoms with Crippen LogP contribution in [0.3, 0.4) is 0 Å². The fraction of sp³-hybridized carbons (Fsp3) is 0.571. The van der Waals surface area contributed by atoms with Crippen molar-refractivity contribution in [2.45, 2.75) is 11.7 Å². The highest BCUT2D eigenvalue weighted by atomic mass is 32.3. The van der Waals surface area contributed by atoms with Gasteiger partial charge in [0.2, 0.25) is 5.25 Å². The lowest BCUT2D eigenvalue weighted by Gasteiger charge is -2.03. The molecule has 0 rings (SSSR count). The molecule has 3 N–H and O–H groups in total. The van der Waals surface area contributed by atoms with Crippen molar-refractivity contribution < 1.29 is 23.3 Å². The fourth-order valence-electron chi connectivity index (χ4n) is 0.797. The van der Waals surface area contributed by atoms with Gasteiger partial charge in [-0.3, -0.25) is 0 Å². The lowest BCUT2D eigenvalue weighted by atomic mass is 10.3. The van der Waals surface area contributed by atoms with Crippen LogP contribution in [0.4, 0.5) is 0 Å². The summed E-state index contributed by atoms with van der Waals surface area (Å²) in [7, 11) is -0.632. The van der Waals surface area contributed by atoms with Crippen molar-refractivity contribution in [3.05, 3.63) is 12.3 Å². The van der Waals surface area contributed by atoms with Crippen LogP contribution in [0.25, 0.3) is 0 Å². The van der Waals surface area contributed by atoms with E-state index in [1.165, 1.54) is 19.3 Å². The molecule has 0 aliphatic heterocycles. The third kappa shape index (κ3) is 4.47. The van der Waals surface area contributed by atoms with Gasteiger partial charge in [0.05, 0.1) is 22.3 Å². The van der Waals surface area contributed by atoms with E-state index in [4.69, 9.17) is 0 Å². The molecule has 0 bridgehead atoms. The van der Waals surface area contributed by atoms with Gasteiger partial charge >= 0.3 is 10.5 Å². The van der Waals surface area contributed by atoms with E-state index in [0.29, 0.717) is 6.29 Å². The van der Waals surface area contributed by atoms with E-state index >= 15 is 0 Å². The molecule has 2 atom stereocenters. The number of quaternary nitrogens is 1. The topological polar surface area (TPSA) is 91.9 Å². The van der Waals surface area contributed by atoms with Crippen molar-refractivity contribution in [3.8, 4) is 0 Å². The molecule has 0 aromatic rings. The van der Waals surface area contributed by atoms with Crippen LogP contribution in [0.2, 0.25) is 0 Å². The second-order valence-corrected chi connectivity index (χ2v) is 4.20. The number of nitrogens with one attached hydrogen (secondary N) is 1. The molecule has 0 amide bonds. The first-order chi connectivity index (χ1) is 6.58. The predicted octanol–water partition coefficient (Wildman–Crippen LogP) is -1.44. The first kappa shape index (κ1) is 13.2. The molecule has 0 aliphatic carbocycles. The van der Waals surface area contributed by atoms with Crippen LogP contribution >= 0.6 is 0 Å². The van der Waals surface area contributed by atoms with E-state index in [2.05, 4.69) is 9.60 Å². The van der Waals surface area contributed by atoms with Crippen LogP contribution in [0, 0.1) is 0 Å². The molecule has 0 aromatic carbocycles. The van der Waals surface area contributed by atoms with Gasteiger partial charge in [0, 0.05) is 7.05 Å². The molecule has 2 unspecified atom stereocenters. The summed E-state index contributed by atoms with van der Waals surface area (Å²) in [5, 5.41) is 1.70. The van der Waals surface area contributed by atoms with Gasteiger partial charge in [-0.05, 0) is 16.5 Å². The number of hydroxylamine groups is 1. The van der Waals surface area contributed by atoms with E-state index in [0.717, 1.165) is 5.48 Å². The van der Waals surface area contributed by atoms with Crippen LogP contribution in [0.5, 0.6) is 0 Å². The molecular formula is C7H15N2O4S+2. The maximum absolute atomic E-state index is 11.3. The van der Waals surface area contributed by atoms with E-state index in [-0.39, 0.29) is 6.42 Å². The Morgan fingerprint density at radius 1 is 1.64 bits per heavy atom. The summed E-state index contributed by atoms with van der Waals surface area (Å²) in [6, 6.07) is 0. The van der Waals surface area contributed by atoms with Crippen molar-refractivity contribution in [2.24, 2.45) is 0 Å². The molecule has 7 heteroatoms. The zero-order chi connectivity index (χ0) is 11.0. The smallest absolute Gasteiger partial charge is 0.394 e. The first-order valence-electron chi connectivity index (χ1n) is 4.06. The molecule has 0 spiro atoms. The number of hydrogen-bond donors (Lipinski definition) is 2. The predicted molar refractivity (Wildman–Crippen MR) is 50.3 cm³/mol. The maximum Gasteiger partial charge on any atom is 0.455 e. The quantitative estimate of drug-likeness (QED) is 0.314. The fourth-order valence-corrected chi connectivity index (χ4v) is 1.79. The largest absolute Gasteiger partial charge is 0.455 e. The Morgan fingerprint density at radius 3 is 2.71 bits per heavy atom. The number of carbonyl (C=O) groups is 1. The summed E-state index contributed by atoms with van der Waals surface area (Å²) < 4.78 is 27.1. The average molecular weight is 223 g/mol.